The van der Waals surface area contributed by atoms with Crippen molar-refractivity contribution in [3.63, 3.8) is 0 Å². The Labute approximate surface area is 121 Å². The third-order valence-corrected chi connectivity index (χ3v) is 5.32. The van der Waals surface area contributed by atoms with Crippen LogP contribution in [-0.2, 0) is 0 Å². The van der Waals surface area contributed by atoms with Gasteiger partial charge in [-0.2, -0.15) is 0 Å². The van der Waals surface area contributed by atoms with Gasteiger partial charge in [0, 0.05) is 23.7 Å². The first kappa shape index (κ1) is 14.9. The molecule has 1 saturated carbocycles. The maximum Gasteiger partial charge on any atom is 0.165 e. The van der Waals surface area contributed by atoms with Gasteiger partial charge in [0.05, 0.1) is 0 Å². The fourth-order valence-electron chi connectivity index (χ4n) is 2.79. The van der Waals surface area contributed by atoms with E-state index in [1.807, 2.05) is 24.2 Å². The molecule has 0 aliphatic heterocycles. The smallest absolute Gasteiger partial charge is 0.165 e. The summed E-state index contributed by atoms with van der Waals surface area (Å²) >= 11 is 1.84. The zero-order valence-corrected chi connectivity index (χ0v) is 12.6. The van der Waals surface area contributed by atoms with Gasteiger partial charge < -0.3 is 10.7 Å². The van der Waals surface area contributed by atoms with Crippen molar-refractivity contribution in [1.82, 2.24) is 9.97 Å². The monoisotopic (exact) mass is 281 g/mol. The quantitative estimate of drug-likeness (QED) is 0.857. The Hall–Kier alpha value is -0.480. The van der Waals surface area contributed by atoms with E-state index < -0.39 is 0 Å². The summed E-state index contributed by atoms with van der Waals surface area (Å²) in [6.07, 6.45) is 17.0. The number of rotatable bonds is 2. The Morgan fingerprint density at radius 3 is 2.26 bits per heavy atom. The van der Waals surface area contributed by atoms with E-state index in [1.165, 1.54) is 64.2 Å². The normalized spacial score (nSPS) is 27.4. The first-order valence-electron chi connectivity index (χ1n) is 7.78. The number of imidazole rings is 1. The molecule has 1 aromatic rings. The van der Waals surface area contributed by atoms with Crippen LogP contribution >= 0.6 is 11.8 Å². The minimum atomic E-state index is 0.314. The van der Waals surface area contributed by atoms with Crippen LogP contribution < -0.4 is 5.73 Å². The topological polar surface area (TPSA) is 54.7 Å². The Morgan fingerprint density at radius 2 is 1.63 bits per heavy atom. The van der Waals surface area contributed by atoms with Gasteiger partial charge in [0.15, 0.2) is 5.16 Å². The lowest BCUT2D eigenvalue weighted by Gasteiger charge is -2.23. The van der Waals surface area contributed by atoms with Gasteiger partial charge in [-0.15, -0.1) is 0 Å². The highest BCUT2D eigenvalue weighted by Gasteiger charge is 2.20. The molecule has 108 valence electrons. The van der Waals surface area contributed by atoms with Crippen molar-refractivity contribution in [2.45, 2.75) is 80.7 Å². The van der Waals surface area contributed by atoms with Crippen LogP contribution in [0.4, 0.5) is 0 Å². The van der Waals surface area contributed by atoms with E-state index in [9.17, 15) is 0 Å². The van der Waals surface area contributed by atoms with Crippen LogP contribution in [-0.4, -0.2) is 21.3 Å². The van der Waals surface area contributed by atoms with E-state index in [4.69, 9.17) is 5.73 Å². The summed E-state index contributed by atoms with van der Waals surface area (Å²) in [6, 6.07) is 0.314. The van der Waals surface area contributed by atoms with Crippen molar-refractivity contribution >= 4 is 11.8 Å². The number of hydrogen-bond donors (Lipinski definition) is 2. The molecular weight excluding hydrogens is 254 g/mol. The Bertz CT molecular complexity index is 326. The lowest BCUT2D eigenvalue weighted by molar-refractivity contribution is 0.473. The second-order valence-corrected chi connectivity index (χ2v) is 6.85. The Balaban J connectivity index is 1.87. The van der Waals surface area contributed by atoms with E-state index in [0.29, 0.717) is 11.3 Å². The highest BCUT2D eigenvalue weighted by Crippen LogP contribution is 2.28. The van der Waals surface area contributed by atoms with Gasteiger partial charge in [0.1, 0.15) is 0 Å². The zero-order valence-electron chi connectivity index (χ0n) is 11.8. The van der Waals surface area contributed by atoms with Crippen molar-refractivity contribution in [3.05, 3.63) is 12.4 Å². The lowest BCUT2D eigenvalue weighted by Crippen LogP contribution is -2.32. The third kappa shape index (κ3) is 5.57. The van der Waals surface area contributed by atoms with Crippen molar-refractivity contribution in [3.8, 4) is 0 Å². The van der Waals surface area contributed by atoms with E-state index >= 15 is 0 Å². The van der Waals surface area contributed by atoms with E-state index in [2.05, 4.69) is 9.97 Å². The molecule has 1 aliphatic rings. The number of hydrogen-bond acceptors (Lipinski definition) is 3. The highest BCUT2D eigenvalue weighted by atomic mass is 32.2. The summed E-state index contributed by atoms with van der Waals surface area (Å²) in [6.45, 7) is 0. The maximum atomic E-state index is 6.41. The van der Waals surface area contributed by atoms with Gasteiger partial charge in [-0.25, -0.2) is 4.98 Å². The first-order valence-corrected chi connectivity index (χ1v) is 8.66. The molecule has 2 atom stereocenters. The van der Waals surface area contributed by atoms with Gasteiger partial charge >= 0.3 is 0 Å². The molecule has 0 bridgehead atoms. The second kappa shape index (κ2) is 8.64. The van der Waals surface area contributed by atoms with Crippen LogP contribution in [0.25, 0.3) is 0 Å². The fourth-order valence-corrected chi connectivity index (χ4v) is 3.93. The predicted molar refractivity (Wildman–Crippen MR) is 82.4 cm³/mol. The molecule has 0 aromatic carbocycles. The molecule has 1 aliphatic carbocycles. The zero-order chi connectivity index (χ0) is 13.3. The van der Waals surface area contributed by atoms with Crippen LogP contribution in [0.5, 0.6) is 0 Å². The molecule has 2 rings (SSSR count). The number of aromatic amines is 1. The van der Waals surface area contributed by atoms with Crippen LogP contribution in [0.15, 0.2) is 17.6 Å². The second-order valence-electron chi connectivity index (χ2n) is 5.62. The van der Waals surface area contributed by atoms with Crippen molar-refractivity contribution in [2.75, 3.05) is 0 Å². The average molecular weight is 281 g/mol. The number of nitrogens with one attached hydrogen (secondary N) is 1. The molecule has 0 saturated heterocycles. The molecule has 1 heterocycles. The molecule has 0 spiro atoms. The van der Waals surface area contributed by atoms with Crippen molar-refractivity contribution in [2.24, 2.45) is 5.73 Å². The Kier molecular flexibility index (Phi) is 6.79. The van der Waals surface area contributed by atoms with Crippen LogP contribution in [0.1, 0.15) is 64.2 Å². The summed E-state index contributed by atoms with van der Waals surface area (Å²) in [5.41, 5.74) is 6.41. The van der Waals surface area contributed by atoms with Crippen LogP contribution in [0.2, 0.25) is 0 Å². The number of nitrogens with two attached hydrogens (primary N) is 1. The molecule has 0 amide bonds. The summed E-state index contributed by atoms with van der Waals surface area (Å²) in [7, 11) is 0. The standard InChI is InChI=1S/C15H27N3S/c16-13-9-7-5-3-1-2-4-6-8-10-14(13)19-15-17-11-12-18-15/h11-14H,1-10,16H2,(H,17,18). The largest absolute Gasteiger partial charge is 0.340 e. The summed E-state index contributed by atoms with van der Waals surface area (Å²) in [4.78, 5) is 7.51. The number of aromatic nitrogens is 2. The maximum absolute atomic E-state index is 6.41. The molecule has 3 nitrogen and oxygen atoms in total. The number of thioether (sulfide) groups is 1. The summed E-state index contributed by atoms with van der Waals surface area (Å²) in [5, 5.41) is 1.54. The molecule has 4 heteroatoms. The molecule has 1 aromatic heterocycles. The van der Waals surface area contributed by atoms with E-state index in [-0.39, 0.29) is 0 Å². The van der Waals surface area contributed by atoms with Gasteiger partial charge in [-0.1, -0.05) is 63.1 Å². The Morgan fingerprint density at radius 1 is 1.00 bits per heavy atom. The highest BCUT2D eigenvalue weighted by molar-refractivity contribution is 7.99. The van der Waals surface area contributed by atoms with E-state index in [0.717, 1.165) is 5.16 Å². The molecule has 2 unspecified atom stereocenters. The third-order valence-electron chi connectivity index (χ3n) is 3.99. The summed E-state index contributed by atoms with van der Waals surface area (Å²) in [5.74, 6) is 0. The fraction of sp³-hybridized carbons (Fsp3) is 0.800. The van der Waals surface area contributed by atoms with Gasteiger partial charge in [0.25, 0.3) is 0 Å². The van der Waals surface area contributed by atoms with Gasteiger partial charge in [0.2, 0.25) is 0 Å². The molecular formula is C15H27N3S. The minimum Gasteiger partial charge on any atom is -0.340 e. The molecule has 0 radical (unpaired) electrons. The molecule has 3 N–H and O–H groups in total. The molecule has 1 fully saturated rings. The van der Waals surface area contributed by atoms with Crippen molar-refractivity contribution in [1.29, 1.82) is 0 Å². The molecule has 19 heavy (non-hydrogen) atoms. The van der Waals surface area contributed by atoms with Gasteiger partial charge in [-0.3, -0.25) is 0 Å². The van der Waals surface area contributed by atoms with Crippen LogP contribution in [0.3, 0.4) is 0 Å². The number of H-pyrrole nitrogens is 1. The van der Waals surface area contributed by atoms with E-state index in [1.54, 1.807) is 0 Å². The first-order chi connectivity index (χ1) is 9.36. The van der Waals surface area contributed by atoms with Gasteiger partial charge in [-0.05, 0) is 12.8 Å². The number of nitrogens with zero attached hydrogens (tertiary/aromatic N) is 1. The SMILES string of the molecule is NC1CCCCCCCCCCC1Sc1ncc[nH]1. The summed E-state index contributed by atoms with van der Waals surface area (Å²) < 4.78 is 0. The predicted octanol–water partition coefficient (Wildman–Crippen LogP) is 4.11. The lowest BCUT2D eigenvalue weighted by atomic mass is 9.98. The minimum absolute atomic E-state index is 0.314. The van der Waals surface area contributed by atoms with Crippen molar-refractivity contribution < 1.29 is 0 Å². The van der Waals surface area contributed by atoms with Crippen LogP contribution in [0, 0.1) is 0 Å². The average Bonchev–Trinajstić information content (AvgIpc) is 2.90.